The van der Waals surface area contributed by atoms with E-state index in [4.69, 9.17) is 9.47 Å². The van der Waals surface area contributed by atoms with Crippen LogP contribution < -0.4 is 9.47 Å². The van der Waals surface area contributed by atoms with Gasteiger partial charge < -0.3 is 14.6 Å². The Balaban J connectivity index is 1.59. The summed E-state index contributed by atoms with van der Waals surface area (Å²) in [5.74, 6) is 0.826. The molecule has 1 aliphatic rings. The third-order valence-corrected chi connectivity index (χ3v) is 7.51. The zero-order chi connectivity index (χ0) is 27.3. The van der Waals surface area contributed by atoms with Crippen LogP contribution >= 0.6 is 0 Å². The lowest BCUT2D eigenvalue weighted by atomic mass is 9.80. The molecule has 0 aliphatic heterocycles. The van der Waals surface area contributed by atoms with Gasteiger partial charge in [0, 0.05) is 5.56 Å². The maximum atomic E-state index is 14.9. The molecule has 0 radical (unpaired) electrons. The van der Waals surface area contributed by atoms with Crippen molar-refractivity contribution in [3.8, 4) is 22.6 Å². The molecule has 3 aromatic rings. The summed E-state index contributed by atoms with van der Waals surface area (Å²) in [6.45, 7) is 7.05. The van der Waals surface area contributed by atoms with Crippen LogP contribution in [0.25, 0.3) is 11.1 Å². The Hall–Kier alpha value is -3.34. The van der Waals surface area contributed by atoms with Crippen LogP contribution in [-0.4, -0.2) is 18.2 Å². The van der Waals surface area contributed by atoms with E-state index in [1.165, 1.54) is 6.07 Å². The van der Waals surface area contributed by atoms with Crippen molar-refractivity contribution in [2.24, 2.45) is 11.3 Å². The van der Waals surface area contributed by atoms with Crippen LogP contribution in [0.2, 0.25) is 0 Å². The fourth-order valence-corrected chi connectivity index (χ4v) is 5.51. The van der Waals surface area contributed by atoms with Gasteiger partial charge in [-0.15, -0.1) is 0 Å². The average molecular weight is 519 g/mol. The van der Waals surface area contributed by atoms with Gasteiger partial charge in [0.05, 0.1) is 13.5 Å². The zero-order valence-electron chi connectivity index (χ0n) is 22.9. The maximum absolute atomic E-state index is 14.9. The summed E-state index contributed by atoms with van der Waals surface area (Å²) >= 11 is 0. The van der Waals surface area contributed by atoms with E-state index < -0.39 is 5.97 Å². The largest absolute Gasteiger partial charge is 0.497 e. The molecule has 4 nitrogen and oxygen atoms in total. The van der Waals surface area contributed by atoms with E-state index in [9.17, 15) is 14.3 Å². The molecule has 0 amide bonds. The van der Waals surface area contributed by atoms with Gasteiger partial charge in [0.1, 0.15) is 23.9 Å². The second-order valence-electron chi connectivity index (χ2n) is 11.3. The highest BCUT2D eigenvalue weighted by molar-refractivity contribution is 5.70. The molecule has 1 fully saturated rings. The van der Waals surface area contributed by atoms with Gasteiger partial charge in [-0.3, -0.25) is 4.79 Å². The number of hydrogen-bond acceptors (Lipinski definition) is 3. The summed E-state index contributed by atoms with van der Waals surface area (Å²) in [6.07, 6.45) is 5.27. The van der Waals surface area contributed by atoms with Crippen LogP contribution in [0.15, 0.2) is 60.7 Å². The molecule has 0 aromatic heterocycles. The monoisotopic (exact) mass is 518 g/mol. The summed E-state index contributed by atoms with van der Waals surface area (Å²) in [7, 11) is 1.59. The maximum Gasteiger partial charge on any atom is 0.303 e. The van der Waals surface area contributed by atoms with Crippen molar-refractivity contribution in [2.45, 2.75) is 71.8 Å². The SMILES string of the molecule is CCCC(C)(C)Cc1cc(OCc2cccc(C(CC(=O)O)C3CC3)c2)ccc1-c1cc(OC)ccc1F. The molecule has 3 aromatic carbocycles. The van der Waals surface area contributed by atoms with Crippen LogP contribution in [0.3, 0.4) is 0 Å². The highest BCUT2D eigenvalue weighted by Gasteiger charge is 2.33. The summed E-state index contributed by atoms with van der Waals surface area (Å²) in [4.78, 5) is 11.4. The molecule has 0 heterocycles. The first-order valence-corrected chi connectivity index (χ1v) is 13.6. The van der Waals surface area contributed by atoms with Crippen molar-refractivity contribution in [2.75, 3.05) is 7.11 Å². The number of carbonyl (C=O) groups is 1. The topological polar surface area (TPSA) is 55.8 Å². The van der Waals surface area contributed by atoms with E-state index in [0.29, 0.717) is 23.8 Å². The number of aliphatic carboxylic acids is 1. The summed E-state index contributed by atoms with van der Waals surface area (Å²) in [6, 6.07) is 18.8. The van der Waals surface area contributed by atoms with E-state index >= 15 is 0 Å². The van der Waals surface area contributed by atoms with Gasteiger partial charge in [-0.1, -0.05) is 57.5 Å². The van der Waals surface area contributed by atoms with Crippen molar-refractivity contribution in [1.82, 2.24) is 0 Å². The first-order chi connectivity index (χ1) is 18.2. The predicted molar refractivity (Wildman–Crippen MR) is 149 cm³/mol. The lowest BCUT2D eigenvalue weighted by molar-refractivity contribution is -0.137. The Morgan fingerprint density at radius 2 is 1.82 bits per heavy atom. The first-order valence-electron chi connectivity index (χ1n) is 13.6. The molecule has 0 saturated heterocycles. The molecular formula is C33H39FO4. The molecule has 38 heavy (non-hydrogen) atoms. The average Bonchev–Trinajstić information content (AvgIpc) is 3.72. The molecule has 202 valence electrons. The Morgan fingerprint density at radius 3 is 2.50 bits per heavy atom. The number of carboxylic acid groups (broad SMARTS) is 1. The second kappa shape index (κ2) is 12.0. The van der Waals surface area contributed by atoms with Gasteiger partial charge in [0.15, 0.2) is 0 Å². The molecular weight excluding hydrogens is 479 g/mol. The molecule has 0 bridgehead atoms. The highest BCUT2D eigenvalue weighted by Crippen LogP contribution is 2.44. The van der Waals surface area contributed by atoms with Crippen molar-refractivity contribution in [3.63, 3.8) is 0 Å². The molecule has 1 saturated carbocycles. The minimum absolute atomic E-state index is 0.0494. The molecule has 5 heteroatoms. The third-order valence-electron chi connectivity index (χ3n) is 7.51. The van der Waals surface area contributed by atoms with Gasteiger partial charge in [-0.25, -0.2) is 4.39 Å². The lowest BCUT2D eigenvalue weighted by Crippen LogP contribution is -2.15. The van der Waals surface area contributed by atoms with E-state index in [1.807, 2.05) is 36.4 Å². The number of benzene rings is 3. The minimum atomic E-state index is -0.755. The number of methoxy groups -OCH3 is 1. The van der Waals surface area contributed by atoms with E-state index in [1.54, 1.807) is 19.2 Å². The van der Waals surface area contributed by atoms with Gasteiger partial charge in [0.2, 0.25) is 0 Å². The van der Waals surface area contributed by atoms with E-state index in [-0.39, 0.29) is 23.6 Å². The Kier molecular flexibility index (Phi) is 8.76. The van der Waals surface area contributed by atoms with Crippen molar-refractivity contribution in [1.29, 1.82) is 0 Å². The van der Waals surface area contributed by atoms with Crippen molar-refractivity contribution < 1.29 is 23.8 Å². The van der Waals surface area contributed by atoms with Crippen molar-refractivity contribution in [3.05, 3.63) is 83.2 Å². The number of halogens is 1. The van der Waals surface area contributed by atoms with Crippen LogP contribution in [-0.2, 0) is 17.8 Å². The first kappa shape index (κ1) is 27.7. The summed E-state index contributed by atoms with van der Waals surface area (Å²) in [5.41, 5.74) is 4.54. The summed E-state index contributed by atoms with van der Waals surface area (Å²) in [5, 5.41) is 9.38. The van der Waals surface area contributed by atoms with Crippen LogP contribution in [0, 0.1) is 17.2 Å². The lowest BCUT2D eigenvalue weighted by Gasteiger charge is -2.26. The van der Waals surface area contributed by atoms with Crippen LogP contribution in [0.1, 0.15) is 75.5 Å². The Bertz CT molecular complexity index is 1260. The summed E-state index contributed by atoms with van der Waals surface area (Å²) < 4.78 is 26.5. The van der Waals surface area contributed by atoms with Gasteiger partial charge in [-0.2, -0.15) is 0 Å². The smallest absolute Gasteiger partial charge is 0.303 e. The molecule has 0 spiro atoms. The third kappa shape index (κ3) is 7.15. The number of hydrogen-bond donors (Lipinski definition) is 1. The van der Waals surface area contributed by atoms with Crippen LogP contribution in [0.5, 0.6) is 11.5 Å². The number of rotatable bonds is 13. The molecule has 1 N–H and O–H groups in total. The highest BCUT2D eigenvalue weighted by atomic mass is 19.1. The molecule has 1 atom stereocenters. The van der Waals surface area contributed by atoms with Crippen LogP contribution in [0.4, 0.5) is 4.39 Å². The number of ether oxygens (including phenoxy) is 2. The standard InChI is InChI=1S/C33H39FO4/c1-5-15-33(2,3)20-25-17-27(11-13-28(25)30-18-26(37-4)12-14-31(30)34)38-21-22-7-6-8-24(16-22)29(19-32(35)36)23-9-10-23/h6-8,11-14,16-18,23,29H,5,9-10,15,19-21H2,1-4H3,(H,35,36). The van der Waals surface area contributed by atoms with E-state index in [2.05, 4.69) is 26.8 Å². The molecule has 1 unspecified atom stereocenters. The fourth-order valence-electron chi connectivity index (χ4n) is 5.51. The van der Waals surface area contributed by atoms with Crippen molar-refractivity contribution >= 4 is 5.97 Å². The Labute approximate surface area is 225 Å². The predicted octanol–water partition coefficient (Wildman–Crippen LogP) is 8.42. The number of carboxylic acids is 1. The fraction of sp³-hybridized carbons (Fsp3) is 0.424. The van der Waals surface area contributed by atoms with Gasteiger partial charge in [0.25, 0.3) is 0 Å². The van der Waals surface area contributed by atoms with Gasteiger partial charge in [-0.05, 0) is 95.5 Å². The molecule has 4 rings (SSSR count). The Morgan fingerprint density at radius 1 is 1.05 bits per heavy atom. The second-order valence-corrected chi connectivity index (χ2v) is 11.3. The van der Waals surface area contributed by atoms with Gasteiger partial charge >= 0.3 is 5.97 Å². The normalized spacial score (nSPS) is 14.2. The zero-order valence-corrected chi connectivity index (χ0v) is 22.9. The minimum Gasteiger partial charge on any atom is -0.497 e. The van der Waals surface area contributed by atoms with E-state index in [0.717, 1.165) is 60.1 Å². The molecule has 1 aliphatic carbocycles. The quantitative estimate of drug-likeness (QED) is 0.247.